The van der Waals surface area contributed by atoms with Crippen molar-refractivity contribution in [2.75, 3.05) is 40.6 Å². The Bertz CT molecular complexity index is 446. The van der Waals surface area contributed by atoms with Crippen LogP contribution >= 0.6 is 0 Å². The van der Waals surface area contributed by atoms with E-state index >= 15 is 0 Å². The van der Waals surface area contributed by atoms with Crippen molar-refractivity contribution in [2.45, 2.75) is 6.42 Å². The molecule has 0 aliphatic heterocycles. The maximum Gasteiger partial charge on any atom is 0.244 e. The number of nitrogens with one attached hydrogen (secondary N) is 1. The number of hydrogen-bond acceptors (Lipinski definition) is 4. The number of methoxy groups -OCH3 is 2. The summed E-state index contributed by atoms with van der Waals surface area (Å²) in [7, 11) is 3.24. The van der Waals surface area contributed by atoms with Gasteiger partial charge in [0.1, 0.15) is 5.75 Å². The fourth-order valence-electron chi connectivity index (χ4n) is 1.66. The highest BCUT2D eigenvalue weighted by atomic mass is 16.5. The standard InChI is InChI=1S/C16H23NO4/c1-19-12-13-21-11-5-10-17-16(18)9-8-14-6-3-4-7-15(14)20-2/h3-4,6-9H,5,10-13H2,1-2H3,(H,17,18)/b9-8+. The number of hydrogen-bond donors (Lipinski definition) is 1. The Hall–Kier alpha value is -1.85. The molecule has 0 saturated carbocycles. The van der Waals surface area contributed by atoms with Gasteiger partial charge in [0.2, 0.25) is 5.91 Å². The summed E-state index contributed by atoms with van der Waals surface area (Å²) in [5.74, 6) is 0.617. The van der Waals surface area contributed by atoms with E-state index in [2.05, 4.69) is 5.32 Å². The van der Waals surface area contributed by atoms with Crippen LogP contribution in [0.1, 0.15) is 12.0 Å². The summed E-state index contributed by atoms with van der Waals surface area (Å²) in [4.78, 5) is 11.7. The first kappa shape index (κ1) is 17.2. The maximum atomic E-state index is 11.7. The summed E-state index contributed by atoms with van der Waals surface area (Å²) in [5, 5.41) is 2.80. The molecule has 0 fully saturated rings. The molecule has 0 saturated heterocycles. The summed E-state index contributed by atoms with van der Waals surface area (Å²) in [6.07, 6.45) is 4.02. The Morgan fingerprint density at radius 1 is 1.19 bits per heavy atom. The largest absolute Gasteiger partial charge is 0.496 e. The molecule has 21 heavy (non-hydrogen) atoms. The minimum Gasteiger partial charge on any atom is -0.496 e. The molecule has 1 aromatic carbocycles. The van der Waals surface area contributed by atoms with Crippen molar-refractivity contribution < 1.29 is 19.0 Å². The van der Waals surface area contributed by atoms with Gasteiger partial charge in [-0.2, -0.15) is 0 Å². The molecule has 1 aromatic rings. The third-order valence-electron chi connectivity index (χ3n) is 2.75. The molecule has 1 rings (SSSR count). The van der Waals surface area contributed by atoms with Gasteiger partial charge in [0.25, 0.3) is 0 Å². The van der Waals surface area contributed by atoms with Crippen LogP contribution in [0.5, 0.6) is 5.75 Å². The van der Waals surface area contributed by atoms with Crippen molar-refractivity contribution in [3.05, 3.63) is 35.9 Å². The van der Waals surface area contributed by atoms with Crippen LogP contribution in [0.25, 0.3) is 6.08 Å². The smallest absolute Gasteiger partial charge is 0.244 e. The van der Waals surface area contributed by atoms with Crippen LogP contribution in [-0.2, 0) is 14.3 Å². The summed E-state index contributed by atoms with van der Waals surface area (Å²) in [6, 6.07) is 7.54. The zero-order valence-electron chi connectivity index (χ0n) is 12.6. The minimum absolute atomic E-state index is 0.127. The van der Waals surface area contributed by atoms with Gasteiger partial charge in [0.05, 0.1) is 20.3 Å². The maximum absolute atomic E-state index is 11.7. The molecule has 5 nitrogen and oxygen atoms in total. The van der Waals surface area contributed by atoms with E-state index in [9.17, 15) is 4.79 Å². The van der Waals surface area contributed by atoms with Gasteiger partial charge in [0, 0.05) is 31.9 Å². The zero-order chi connectivity index (χ0) is 15.3. The molecule has 0 aliphatic rings. The average molecular weight is 293 g/mol. The van der Waals surface area contributed by atoms with Gasteiger partial charge in [-0.05, 0) is 18.6 Å². The van der Waals surface area contributed by atoms with Gasteiger partial charge >= 0.3 is 0 Å². The van der Waals surface area contributed by atoms with E-state index in [0.717, 1.165) is 17.7 Å². The van der Waals surface area contributed by atoms with E-state index in [4.69, 9.17) is 14.2 Å². The van der Waals surface area contributed by atoms with Gasteiger partial charge in [-0.3, -0.25) is 4.79 Å². The Kier molecular flexibility index (Phi) is 8.91. The normalized spacial score (nSPS) is 10.8. The minimum atomic E-state index is -0.127. The van der Waals surface area contributed by atoms with Crippen LogP contribution in [0, 0.1) is 0 Å². The number of carbonyl (C=O) groups is 1. The highest BCUT2D eigenvalue weighted by molar-refractivity contribution is 5.92. The summed E-state index contributed by atoms with van der Waals surface area (Å²) in [5.41, 5.74) is 0.873. The Morgan fingerprint density at radius 2 is 2.00 bits per heavy atom. The topological polar surface area (TPSA) is 56.8 Å². The molecule has 0 spiro atoms. The van der Waals surface area contributed by atoms with Crippen molar-refractivity contribution in [3.8, 4) is 5.75 Å². The van der Waals surface area contributed by atoms with Crippen molar-refractivity contribution in [1.82, 2.24) is 5.32 Å². The molecule has 0 heterocycles. The van der Waals surface area contributed by atoms with Crippen molar-refractivity contribution >= 4 is 12.0 Å². The molecular formula is C16H23NO4. The number of ether oxygens (including phenoxy) is 3. The highest BCUT2D eigenvalue weighted by Gasteiger charge is 1.99. The third kappa shape index (κ3) is 7.48. The van der Waals surface area contributed by atoms with E-state index in [1.807, 2.05) is 24.3 Å². The summed E-state index contributed by atoms with van der Waals surface area (Å²) < 4.78 is 15.4. The number of para-hydroxylation sites is 1. The van der Waals surface area contributed by atoms with Crippen molar-refractivity contribution in [2.24, 2.45) is 0 Å². The lowest BCUT2D eigenvalue weighted by Gasteiger charge is -2.05. The van der Waals surface area contributed by atoms with Crippen molar-refractivity contribution in [1.29, 1.82) is 0 Å². The Labute approximate surface area is 125 Å². The molecule has 0 atom stereocenters. The molecule has 0 unspecified atom stereocenters. The summed E-state index contributed by atoms with van der Waals surface area (Å²) in [6.45, 7) is 2.37. The molecule has 0 bridgehead atoms. The molecule has 0 radical (unpaired) electrons. The summed E-state index contributed by atoms with van der Waals surface area (Å²) >= 11 is 0. The Morgan fingerprint density at radius 3 is 2.76 bits per heavy atom. The van der Waals surface area contributed by atoms with E-state index < -0.39 is 0 Å². The molecular weight excluding hydrogens is 270 g/mol. The van der Waals surface area contributed by atoms with Crippen LogP contribution in [0.15, 0.2) is 30.3 Å². The first-order valence-corrected chi connectivity index (χ1v) is 6.93. The van der Waals surface area contributed by atoms with Crippen LogP contribution in [0.4, 0.5) is 0 Å². The average Bonchev–Trinajstić information content (AvgIpc) is 2.52. The lowest BCUT2D eigenvalue weighted by atomic mass is 10.2. The zero-order valence-corrected chi connectivity index (χ0v) is 12.6. The van der Waals surface area contributed by atoms with E-state index in [1.54, 1.807) is 20.3 Å². The van der Waals surface area contributed by atoms with Gasteiger partial charge < -0.3 is 19.5 Å². The second-order valence-corrected chi connectivity index (χ2v) is 4.33. The van der Waals surface area contributed by atoms with Crippen molar-refractivity contribution in [3.63, 3.8) is 0 Å². The van der Waals surface area contributed by atoms with Crippen LogP contribution < -0.4 is 10.1 Å². The molecule has 0 aliphatic carbocycles. The first-order valence-electron chi connectivity index (χ1n) is 6.93. The third-order valence-corrected chi connectivity index (χ3v) is 2.75. The van der Waals surface area contributed by atoms with E-state index in [-0.39, 0.29) is 5.91 Å². The molecule has 116 valence electrons. The Balaban J connectivity index is 2.22. The van der Waals surface area contributed by atoms with Crippen LogP contribution in [-0.4, -0.2) is 46.5 Å². The van der Waals surface area contributed by atoms with Gasteiger partial charge in [0.15, 0.2) is 0 Å². The van der Waals surface area contributed by atoms with Gasteiger partial charge in [-0.1, -0.05) is 18.2 Å². The SMILES string of the molecule is COCCOCCCNC(=O)/C=C/c1ccccc1OC. The van der Waals surface area contributed by atoms with Crippen LogP contribution in [0.2, 0.25) is 0 Å². The molecule has 5 heteroatoms. The fraction of sp³-hybridized carbons (Fsp3) is 0.438. The van der Waals surface area contributed by atoms with E-state index in [0.29, 0.717) is 26.4 Å². The van der Waals surface area contributed by atoms with Gasteiger partial charge in [-0.25, -0.2) is 0 Å². The lowest BCUT2D eigenvalue weighted by Crippen LogP contribution is -2.23. The number of amides is 1. The van der Waals surface area contributed by atoms with Crippen LogP contribution in [0.3, 0.4) is 0 Å². The number of carbonyl (C=O) groups excluding carboxylic acids is 1. The highest BCUT2D eigenvalue weighted by Crippen LogP contribution is 2.18. The fourth-order valence-corrected chi connectivity index (χ4v) is 1.66. The molecule has 1 N–H and O–H groups in total. The second-order valence-electron chi connectivity index (χ2n) is 4.33. The quantitative estimate of drug-likeness (QED) is 0.528. The van der Waals surface area contributed by atoms with Gasteiger partial charge in [-0.15, -0.1) is 0 Å². The molecule has 0 aromatic heterocycles. The number of benzene rings is 1. The van der Waals surface area contributed by atoms with E-state index in [1.165, 1.54) is 6.08 Å². The second kappa shape index (κ2) is 10.9. The monoisotopic (exact) mass is 293 g/mol. The number of rotatable bonds is 10. The predicted octanol–water partition coefficient (Wildman–Crippen LogP) is 1.88. The first-order chi connectivity index (χ1) is 10.3. The predicted molar refractivity (Wildman–Crippen MR) is 82.3 cm³/mol. The lowest BCUT2D eigenvalue weighted by molar-refractivity contribution is -0.116. The molecule has 1 amide bonds.